The Kier molecular flexibility index (Phi) is 5.40. The summed E-state index contributed by atoms with van der Waals surface area (Å²) in [6.45, 7) is 0.201. The number of esters is 1. The van der Waals surface area contributed by atoms with E-state index in [-0.39, 0.29) is 23.4 Å². The van der Waals surface area contributed by atoms with Crippen LogP contribution in [0.5, 0.6) is 0 Å². The quantitative estimate of drug-likeness (QED) is 0.392. The third kappa shape index (κ3) is 4.18. The van der Waals surface area contributed by atoms with Crippen molar-refractivity contribution in [1.82, 2.24) is 20.1 Å². The second-order valence-corrected chi connectivity index (χ2v) is 5.71. The Balaban J connectivity index is 1.73. The van der Waals surface area contributed by atoms with Crippen LogP contribution in [-0.4, -0.2) is 38.7 Å². The fraction of sp³-hybridized carbons (Fsp3) is 0.111. The van der Waals surface area contributed by atoms with Gasteiger partial charge in [0.05, 0.1) is 23.3 Å². The number of non-ortho nitro benzene ring substituents is 1. The van der Waals surface area contributed by atoms with Crippen LogP contribution in [0.4, 0.5) is 5.69 Å². The van der Waals surface area contributed by atoms with Crippen molar-refractivity contribution in [2.45, 2.75) is 6.54 Å². The van der Waals surface area contributed by atoms with Gasteiger partial charge in [-0.05, 0) is 23.8 Å². The summed E-state index contributed by atoms with van der Waals surface area (Å²) < 4.78 is 6.17. The van der Waals surface area contributed by atoms with Crippen molar-refractivity contribution in [3.8, 4) is 5.69 Å². The fourth-order valence-corrected chi connectivity index (χ4v) is 2.48. The minimum absolute atomic E-state index is 0.00571. The zero-order valence-corrected chi connectivity index (χ0v) is 14.7. The van der Waals surface area contributed by atoms with Gasteiger partial charge >= 0.3 is 5.97 Å². The molecule has 0 radical (unpaired) electrons. The van der Waals surface area contributed by atoms with Crippen LogP contribution in [0.1, 0.15) is 26.3 Å². The Morgan fingerprint density at radius 1 is 1.18 bits per heavy atom. The van der Waals surface area contributed by atoms with Crippen molar-refractivity contribution >= 4 is 17.6 Å². The van der Waals surface area contributed by atoms with Crippen LogP contribution < -0.4 is 5.32 Å². The number of methoxy groups -OCH3 is 1. The molecule has 10 heteroatoms. The van der Waals surface area contributed by atoms with Gasteiger partial charge in [0, 0.05) is 24.2 Å². The zero-order valence-electron chi connectivity index (χ0n) is 14.7. The van der Waals surface area contributed by atoms with E-state index in [2.05, 4.69) is 20.1 Å². The third-order valence-corrected chi connectivity index (χ3v) is 3.88. The van der Waals surface area contributed by atoms with Crippen LogP contribution in [0, 0.1) is 10.1 Å². The molecule has 0 aliphatic carbocycles. The second kappa shape index (κ2) is 8.08. The van der Waals surface area contributed by atoms with Crippen LogP contribution in [0.25, 0.3) is 5.69 Å². The number of carbonyl (C=O) groups is 2. The summed E-state index contributed by atoms with van der Waals surface area (Å²) >= 11 is 0. The van der Waals surface area contributed by atoms with Gasteiger partial charge in [0.25, 0.3) is 11.6 Å². The fourth-order valence-electron chi connectivity index (χ4n) is 2.48. The predicted octanol–water partition coefficient (Wildman–Crippen LogP) is 1.89. The van der Waals surface area contributed by atoms with Crippen molar-refractivity contribution in [2.24, 2.45) is 0 Å². The number of hydrogen-bond acceptors (Lipinski definition) is 7. The number of aromatic nitrogens is 3. The van der Waals surface area contributed by atoms with E-state index < -0.39 is 16.8 Å². The first kappa shape index (κ1) is 18.7. The van der Waals surface area contributed by atoms with Crippen LogP contribution in [0.15, 0.2) is 55.1 Å². The van der Waals surface area contributed by atoms with Gasteiger partial charge in [-0.25, -0.2) is 14.5 Å². The van der Waals surface area contributed by atoms with Crippen molar-refractivity contribution in [3.63, 3.8) is 0 Å². The highest BCUT2D eigenvalue weighted by molar-refractivity contribution is 5.98. The van der Waals surface area contributed by atoms with E-state index in [1.54, 1.807) is 11.0 Å². The van der Waals surface area contributed by atoms with Crippen molar-refractivity contribution in [1.29, 1.82) is 0 Å². The number of nitrogens with zero attached hydrogens (tertiary/aromatic N) is 4. The molecule has 28 heavy (non-hydrogen) atoms. The number of hydrogen-bond donors (Lipinski definition) is 1. The summed E-state index contributed by atoms with van der Waals surface area (Å²) in [5, 5.41) is 17.8. The van der Waals surface area contributed by atoms with Crippen molar-refractivity contribution in [3.05, 3.63) is 81.9 Å². The van der Waals surface area contributed by atoms with Crippen LogP contribution in [-0.2, 0) is 11.3 Å². The number of nitrogens with one attached hydrogen (secondary N) is 1. The largest absolute Gasteiger partial charge is 0.465 e. The van der Waals surface area contributed by atoms with E-state index >= 15 is 0 Å². The first-order valence-electron chi connectivity index (χ1n) is 8.08. The van der Waals surface area contributed by atoms with Gasteiger partial charge in [-0.3, -0.25) is 14.9 Å². The zero-order chi connectivity index (χ0) is 20.1. The van der Waals surface area contributed by atoms with Crippen LogP contribution in [0.2, 0.25) is 0 Å². The Hall–Kier alpha value is -4.08. The molecule has 0 spiro atoms. The maximum Gasteiger partial charge on any atom is 0.338 e. The Bertz CT molecular complexity index is 1020. The van der Waals surface area contributed by atoms with Gasteiger partial charge in [0.15, 0.2) is 0 Å². The highest BCUT2D eigenvalue weighted by Crippen LogP contribution is 2.18. The van der Waals surface area contributed by atoms with Gasteiger partial charge in [-0.1, -0.05) is 12.1 Å². The molecule has 3 aromatic rings. The van der Waals surface area contributed by atoms with Gasteiger partial charge < -0.3 is 10.1 Å². The number of nitro groups is 1. The minimum atomic E-state index is -0.763. The molecule has 2 aromatic carbocycles. The molecule has 0 aliphatic heterocycles. The molecule has 1 N–H and O–H groups in total. The molecule has 0 atom stereocenters. The maximum atomic E-state index is 12.4. The first-order valence-corrected chi connectivity index (χ1v) is 8.08. The molecular weight excluding hydrogens is 366 g/mol. The molecule has 0 unspecified atom stereocenters. The molecule has 1 heterocycles. The standard InChI is InChI=1S/C18H15N5O5/c1-28-18(25)14-6-13(7-16(8-14)23(26)27)17(24)20-9-12-2-4-15(5-3-12)22-11-19-10-21-22/h2-8,10-11H,9H2,1H3,(H,20,24). The number of rotatable bonds is 6. The van der Waals surface area contributed by atoms with E-state index in [1.807, 2.05) is 24.3 Å². The van der Waals surface area contributed by atoms with Gasteiger partial charge in [0.1, 0.15) is 12.7 Å². The van der Waals surface area contributed by atoms with E-state index in [4.69, 9.17) is 0 Å². The molecule has 10 nitrogen and oxygen atoms in total. The molecule has 3 rings (SSSR count). The molecule has 0 bridgehead atoms. The summed E-state index contributed by atoms with van der Waals surface area (Å²) in [6.07, 6.45) is 2.99. The van der Waals surface area contributed by atoms with Crippen molar-refractivity contribution in [2.75, 3.05) is 7.11 Å². The van der Waals surface area contributed by atoms with E-state index in [0.717, 1.165) is 30.5 Å². The average Bonchev–Trinajstić information content (AvgIpc) is 3.26. The summed E-state index contributed by atoms with van der Waals surface area (Å²) in [5.74, 6) is -1.31. The smallest absolute Gasteiger partial charge is 0.338 e. The molecular formula is C18H15N5O5. The highest BCUT2D eigenvalue weighted by Gasteiger charge is 2.18. The molecule has 1 amide bonds. The Morgan fingerprint density at radius 2 is 1.89 bits per heavy atom. The number of ether oxygens (including phenoxy) is 1. The van der Waals surface area contributed by atoms with E-state index in [1.165, 1.54) is 12.4 Å². The van der Waals surface area contributed by atoms with Crippen molar-refractivity contribution < 1.29 is 19.2 Å². The average molecular weight is 381 g/mol. The molecule has 142 valence electrons. The number of benzene rings is 2. The Morgan fingerprint density at radius 3 is 2.50 bits per heavy atom. The van der Waals surface area contributed by atoms with Gasteiger partial charge in [0.2, 0.25) is 0 Å². The SMILES string of the molecule is COC(=O)c1cc(C(=O)NCc2ccc(-n3cncn3)cc2)cc([N+](=O)[O-])c1. The lowest BCUT2D eigenvalue weighted by Gasteiger charge is -2.08. The maximum absolute atomic E-state index is 12.4. The molecule has 0 saturated carbocycles. The summed E-state index contributed by atoms with van der Waals surface area (Å²) in [6, 6.07) is 10.7. The van der Waals surface area contributed by atoms with Crippen LogP contribution in [0.3, 0.4) is 0 Å². The topological polar surface area (TPSA) is 129 Å². The summed E-state index contributed by atoms with van der Waals surface area (Å²) in [4.78, 5) is 38.3. The lowest BCUT2D eigenvalue weighted by atomic mass is 10.1. The monoisotopic (exact) mass is 381 g/mol. The molecule has 0 fully saturated rings. The normalized spacial score (nSPS) is 10.3. The predicted molar refractivity (Wildman–Crippen MR) is 97.0 cm³/mol. The minimum Gasteiger partial charge on any atom is -0.465 e. The van der Waals surface area contributed by atoms with E-state index in [9.17, 15) is 19.7 Å². The molecule has 0 saturated heterocycles. The summed E-state index contributed by atoms with van der Waals surface area (Å²) in [7, 11) is 1.16. The van der Waals surface area contributed by atoms with Gasteiger partial charge in [-0.2, -0.15) is 5.10 Å². The molecule has 0 aliphatic rings. The highest BCUT2D eigenvalue weighted by atomic mass is 16.6. The lowest BCUT2D eigenvalue weighted by Crippen LogP contribution is -2.23. The number of amides is 1. The first-order chi connectivity index (χ1) is 13.5. The van der Waals surface area contributed by atoms with Crippen LogP contribution >= 0.6 is 0 Å². The Labute approximate surface area is 158 Å². The lowest BCUT2D eigenvalue weighted by molar-refractivity contribution is -0.384. The summed E-state index contributed by atoms with van der Waals surface area (Å²) in [5.41, 5.74) is 1.18. The van der Waals surface area contributed by atoms with Gasteiger partial charge in [-0.15, -0.1) is 0 Å². The second-order valence-electron chi connectivity index (χ2n) is 5.71. The van der Waals surface area contributed by atoms with E-state index in [0.29, 0.717) is 0 Å². The molecule has 1 aromatic heterocycles. The number of nitro benzene ring substituents is 1. The third-order valence-electron chi connectivity index (χ3n) is 3.88. The number of carbonyl (C=O) groups excluding carboxylic acids is 2.